The summed E-state index contributed by atoms with van der Waals surface area (Å²) < 4.78 is 0. The highest BCUT2D eigenvalue weighted by Crippen LogP contribution is 2.28. The van der Waals surface area contributed by atoms with Crippen molar-refractivity contribution in [2.45, 2.75) is 46.6 Å². The molecule has 0 spiro atoms. The zero-order valence-electron chi connectivity index (χ0n) is 17.1. The maximum Gasteiger partial charge on any atom is 0.191 e. The van der Waals surface area contributed by atoms with E-state index in [4.69, 9.17) is 9.98 Å². The van der Waals surface area contributed by atoms with Gasteiger partial charge in [-0.05, 0) is 32.6 Å². The number of aryl methyl sites for hydroxylation is 1. The zero-order valence-corrected chi connectivity index (χ0v) is 20.2. The molecule has 5 nitrogen and oxygen atoms in total. The van der Waals surface area contributed by atoms with E-state index in [1.807, 2.05) is 25.1 Å². The number of aromatic nitrogens is 1. The van der Waals surface area contributed by atoms with Crippen molar-refractivity contribution in [3.63, 3.8) is 0 Å². The molecule has 28 heavy (non-hydrogen) atoms. The van der Waals surface area contributed by atoms with E-state index in [1.165, 1.54) is 4.88 Å². The fourth-order valence-corrected chi connectivity index (χ4v) is 3.94. The average Bonchev–Trinajstić information content (AvgIpc) is 3.05. The summed E-state index contributed by atoms with van der Waals surface area (Å²) in [5.41, 5.74) is 2.19. The van der Waals surface area contributed by atoms with Crippen LogP contribution in [-0.4, -0.2) is 35.7 Å². The van der Waals surface area contributed by atoms with Crippen LogP contribution in [0.3, 0.4) is 0 Å². The molecule has 1 heterocycles. The molecule has 2 aromatic rings. The van der Waals surface area contributed by atoms with Gasteiger partial charge in [0.2, 0.25) is 0 Å². The zero-order chi connectivity index (χ0) is 19.5. The van der Waals surface area contributed by atoms with Gasteiger partial charge in [-0.2, -0.15) is 0 Å². The summed E-state index contributed by atoms with van der Waals surface area (Å²) in [4.78, 5) is 10.6. The van der Waals surface area contributed by atoms with Crippen LogP contribution in [0.5, 0.6) is 0 Å². The number of nitrogens with one attached hydrogen (secondary N) is 2. The van der Waals surface area contributed by atoms with Crippen molar-refractivity contribution in [1.29, 1.82) is 0 Å². The lowest BCUT2D eigenvalue weighted by molar-refractivity contribution is 0.251. The van der Waals surface area contributed by atoms with Gasteiger partial charge in [0.1, 0.15) is 5.01 Å². The van der Waals surface area contributed by atoms with E-state index in [0.717, 1.165) is 54.6 Å². The van der Waals surface area contributed by atoms with Crippen LogP contribution >= 0.6 is 35.3 Å². The second kappa shape index (κ2) is 13.9. The molecule has 0 aliphatic carbocycles. The van der Waals surface area contributed by atoms with Gasteiger partial charge in [0.05, 0.1) is 12.2 Å². The highest BCUT2D eigenvalue weighted by atomic mass is 127. The highest BCUT2D eigenvalue weighted by molar-refractivity contribution is 14.0. The molecule has 7 heteroatoms. The Labute approximate surface area is 190 Å². The summed E-state index contributed by atoms with van der Waals surface area (Å²) in [6.07, 6.45) is 3.07. The van der Waals surface area contributed by atoms with Crippen molar-refractivity contribution in [1.82, 2.24) is 15.6 Å². The molecular weight excluding hydrogens is 483 g/mol. The molecule has 1 aromatic heterocycles. The van der Waals surface area contributed by atoms with Crippen LogP contribution in [-0.2, 0) is 6.54 Å². The summed E-state index contributed by atoms with van der Waals surface area (Å²) in [6.45, 7) is 8.80. The van der Waals surface area contributed by atoms with Gasteiger partial charge in [0, 0.05) is 30.1 Å². The third kappa shape index (κ3) is 8.05. The lowest BCUT2D eigenvalue weighted by Gasteiger charge is -2.18. The molecule has 1 unspecified atom stereocenters. The van der Waals surface area contributed by atoms with Gasteiger partial charge in [-0.1, -0.05) is 43.7 Å². The number of aliphatic hydroxyl groups excluding tert-OH is 1. The molecule has 0 radical (unpaired) electrons. The van der Waals surface area contributed by atoms with Crippen molar-refractivity contribution in [3.8, 4) is 10.6 Å². The van der Waals surface area contributed by atoms with Gasteiger partial charge in [-0.15, -0.1) is 35.3 Å². The van der Waals surface area contributed by atoms with Crippen LogP contribution < -0.4 is 10.6 Å². The van der Waals surface area contributed by atoms with E-state index in [2.05, 4.69) is 36.6 Å². The monoisotopic (exact) mass is 516 g/mol. The van der Waals surface area contributed by atoms with Crippen molar-refractivity contribution in [2.75, 3.05) is 19.7 Å². The van der Waals surface area contributed by atoms with E-state index < -0.39 is 0 Å². The molecule has 0 saturated carbocycles. The average molecular weight is 516 g/mol. The Bertz CT molecular complexity index is 700. The fraction of sp³-hybridized carbons (Fsp3) is 0.524. The smallest absolute Gasteiger partial charge is 0.191 e. The Kier molecular flexibility index (Phi) is 12.3. The number of guanidine groups is 1. The lowest BCUT2D eigenvalue weighted by Crippen LogP contribution is -2.40. The number of hydrogen-bond donors (Lipinski definition) is 3. The van der Waals surface area contributed by atoms with Gasteiger partial charge < -0.3 is 15.7 Å². The van der Waals surface area contributed by atoms with Crippen molar-refractivity contribution in [3.05, 3.63) is 40.9 Å². The standard InChI is InChI=1S/C21H32N4OS.HI/c1-4-9-17(12-13-26)14-23-21(22-5-2)24-15-19-16(3)25-20(27-19)18-10-7-6-8-11-18;/h6-8,10-11,17,26H,4-5,9,12-15H2,1-3H3,(H2,22,23,24);1H. The van der Waals surface area contributed by atoms with Gasteiger partial charge in [0.15, 0.2) is 5.96 Å². The number of nitrogens with zero attached hydrogens (tertiary/aromatic N) is 2. The Morgan fingerprint density at radius 1 is 1.18 bits per heavy atom. The first-order chi connectivity index (χ1) is 13.2. The second-order valence-electron chi connectivity index (χ2n) is 6.64. The first kappa shape index (κ1) is 24.8. The minimum atomic E-state index is 0. The second-order valence-corrected chi connectivity index (χ2v) is 7.72. The van der Waals surface area contributed by atoms with Crippen molar-refractivity contribution < 1.29 is 5.11 Å². The SMILES string of the molecule is CCCC(CCO)CNC(=NCc1sc(-c2ccccc2)nc1C)NCC.I. The normalized spacial score (nSPS) is 12.4. The van der Waals surface area contributed by atoms with E-state index in [0.29, 0.717) is 12.5 Å². The lowest BCUT2D eigenvalue weighted by atomic mass is 10.0. The topological polar surface area (TPSA) is 69.5 Å². The molecule has 0 aliphatic heterocycles. The number of benzene rings is 1. The quantitative estimate of drug-likeness (QED) is 0.246. The third-order valence-corrected chi connectivity index (χ3v) is 5.62. The predicted molar refractivity (Wildman–Crippen MR) is 131 cm³/mol. The number of halogens is 1. The number of rotatable bonds is 10. The molecule has 0 fully saturated rings. The maximum absolute atomic E-state index is 9.23. The number of aliphatic imine (C=N–C) groups is 1. The number of hydrogen-bond acceptors (Lipinski definition) is 4. The molecule has 0 amide bonds. The molecular formula is C21H33IN4OS. The van der Waals surface area contributed by atoms with Crippen LogP contribution in [0.4, 0.5) is 0 Å². The van der Waals surface area contributed by atoms with Crippen LogP contribution in [0.1, 0.15) is 43.7 Å². The van der Waals surface area contributed by atoms with Crippen LogP contribution in [0, 0.1) is 12.8 Å². The third-order valence-electron chi connectivity index (χ3n) is 4.43. The Morgan fingerprint density at radius 3 is 2.57 bits per heavy atom. The van der Waals surface area contributed by atoms with Crippen LogP contribution in [0.2, 0.25) is 0 Å². The van der Waals surface area contributed by atoms with Crippen molar-refractivity contribution in [2.24, 2.45) is 10.9 Å². The van der Waals surface area contributed by atoms with Gasteiger partial charge in [-0.25, -0.2) is 9.98 Å². The van der Waals surface area contributed by atoms with E-state index in [-0.39, 0.29) is 30.6 Å². The molecule has 156 valence electrons. The number of aliphatic hydroxyl groups is 1. The fourth-order valence-electron chi connectivity index (χ4n) is 2.95. The Hall–Kier alpha value is -1.19. The predicted octanol–water partition coefficient (Wildman–Crippen LogP) is 4.59. The maximum atomic E-state index is 9.23. The van der Waals surface area contributed by atoms with Crippen LogP contribution in [0.25, 0.3) is 10.6 Å². The largest absolute Gasteiger partial charge is 0.396 e. The van der Waals surface area contributed by atoms with Crippen LogP contribution in [0.15, 0.2) is 35.3 Å². The molecule has 0 aliphatic rings. The van der Waals surface area contributed by atoms with E-state index in [1.54, 1.807) is 11.3 Å². The van der Waals surface area contributed by atoms with Gasteiger partial charge >= 0.3 is 0 Å². The van der Waals surface area contributed by atoms with E-state index in [9.17, 15) is 5.11 Å². The van der Waals surface area contributed by atoms with E-state index >= 15 is 0 Å². The summed E-state index contributed by atoms with van der Waals surface area (Å²) in [6, 6.07) is 10.3. The molecule has 1 atom stereocenters. The summed E-state index contributed by atoms with van der Waals surface area (Å²) in [5.74, 6) is 1.30. The molecule has 3 N–H and O–H groups in total. The highest BCUT2D eigenvalue weighted by Gasteiger charge is 2.11. The number of thiazole rings is 1. The first-order valence-corrected chi connectivity index (χ1v) is 10.6. The van der Waals surface area contributed by atoms with Crippen molar-refractivity contribution >= 4 is 41.3 Å². The summed E-state index contributed by atoms with van der Waals surface area (Å²) >= 11 is 1.71. The summed E-state index contributed by atoms with van der Waals surface area (Å²) in [5, 5.41) is 17.0. The molecule has 0 bridgehead atoms. The molecule has 1 aromatic carbocycles. The minimum Gasteiger partial charge on any atom is -0.396 e. The van der Waals surface area contributed by atoms with Gasteiger partial charge in [0.25, 0.3) is 0 Å². The first-order valence-electron chi connectivity index (χ1n) is 9.82. The Balaban J connectivity index is 0.00000392. The van der Waals surface area contributed by atoms with Gasteiger partial charge in [-0.3, -0.25) is 0 Å². The minimum absolute atomic E-state index is 0. The summed E-state index contributed by atoms with van der Waals surface area (Å²) in [7, 11) is 0. The molecule has 0 saturated heterocycles. The molecule has 2 rings (SSSR count). The Morgan fingerprint density at radius 2 is 1.93 bits per heavy atom.